The van der Waals surface area contributed by atoms with Crippen LogP contribution in [0.4, 0.5) is 4.39 Å². The first-order valence-electron chi connectivity index (χ1n) is 11.3. The average Bonchev–Trinajstić information content (AvgIpc) is 3.28. The van der Waals surface area contributed by atoms with Crippen LogP contribution in [-0.4, -0.2) is 24.7 Å². The summed E-state index contributed by atoms with van der Waals surface area (Å²) in [5, 5.41) is 24.5. The molecule has 4 nitrogen and oxygen atoms in total. The Kier molecular flexibility index (Phi) is 6.11. The van der Waals surface area contributed by atoms with E-state index in [1.165, 1.54) is 23.3 Å². The third kappa shape index (κ3) is 4.01. The van der Waals surface area contributed by atoms with Crippen LogP contribution in [0, 0.1) is 11.7 Å². The third-order valence-electron chi connectivity index (χ3n) is 7.27. The van der Waals surface area contributed by atoms with Gasteiger partial charge in [-0.2, -0.15) is 0 Å². The molecule has 0 spiro atoms. The molecule has 1 fully saturated rings. The number of allylic oxidation sites excluding steroid dienone is 1. The Morgan fingerprint density at radius 1 is 1.16 bits per heavy atom. The summed E-state index contributed by atoms with van der Waals surface area (Å²) < 4.78 is 13.3. The van der Waals surface area contributed by atoms with Gasteiger partial charge < -0.3 is 0 Å². The summed E-state index contributed by atoms with van der Waals surface area (Å²) in [5.41, 5.74) is 4.41. The van der Waals surface area contributed by atoms with Crippen molar-refractivity contribution in [3.05, 3.63) is 76.7 Å². The average molecular weight is 548 g/mol. The van der Waals surface area contributed by atoms with Crippen LogP contribution in [0.15, 0.2) is 48.7 Å². The van der Waals surface area contributed by atoms with Gasteiger partial charge >= 0.3 is 199 Å². The summed E-state index contributed by atoms with van der Waals surface area (Å²) in [5.74, 6) is -0.368. The van der Waals surface area contributed by atoms with E-state index >= 15 is 0 Å². The van der Waals surface area contributed by atoms with Gasteiger partial charge in [0.05, 0.1) is 0 Å². The second-order valence-electron chi connectivity index (χ2n) is 9.20. The SMILES string of the molecule is O=C1[I-]C(O)CC1(CCC1Cc2ccc(F)cc2C1O)c1ccc(C2=CNCCC2)cc1. The van der Waals surface area contributed by atoms with Gasteiger partial charge in [0.25, 0.3) is 0 Å². The van der Waals surface area contributed by atoms with Crippen molar-refractivity contribution >= 4 is 9.36 Å². The zero-order chi connectivity index (χ0) is 22.3. The number of hydrogen-bond acceptors (Lipinski definition) is 4. The summed E-state index contributed by atoms with van der Waals surface area (Å²) in [6.07, 6.45) is 5.95. The Balaban J connectivity index is 1.37. The van der Waals surface area contributed by atoms with Crippen LogP contribution in [0.1, 0.15) is 60.5 Å². The van der Waals surface area contributed by atoms with E-state index < -0.39 is 36.8 Å². The van der Waals surface area contributed by atoms with E-state index in [0.717, 1.165) is 30.5 Å². The maximum absolute atomic E-state index is 13.6. The van der Waals surface area contributed by atoms with E-state index in [9.17, 15) is 19.4 Å². The van der Waals surface area contributed by atoms with Crippen molar-refractivity contribution < 1.29 is 40.6 Å². The molecule has 1 saturated heterocycles. The molecule has 2 aromatic carbocycles. The van der Waals surface area contributed by atoms with Crippen LogP contribution >= 0.6 is 0 Å². The zero-order valence-electron chi connectivity index (χ0n) is 17.9. The van der Waals surface area contributed by atoms with Crippen molar-refractivity contribution in [1.29, 1.82) is 0 Å². The fourth-order valence-electron chi connectivity index (χ4n) is 5.45. The number of carbonyl (C=O) groups is 1. The molecule has 1 aliphatic carbocycles. The number of aliphatic hydroxyl groups excluding tert-OH is 2. The molecule has 0 saturated carbocycles. The number of alkyl halides is 1. The van der Waals surface area contributed by atoms with Gasteiger partial charge in [0, 0.05) is 0 Å². The van der Waals surface area contributed by atoms with Crippen LogP contribution in [0.25, 0.3) is 5.57 Å². The van der Waals surface area contributed by atoms with E-state index in [0.29, 0.717) is 31.2 Å². The molecule has 32 heavy (non-hydrogen) atoms. The van der Waals surface area contributed by atoms with Crippen LogP contribution in [-0.2, 0) is 16.6 Å². The van der Waals surface area contributed by atoms with E-state index in [4.69, 9.17) is 0 Å². The molecule has 3 aliphatic rings. The normalized spacial score (nSPS) is 29.8. The molecular formula is C26H28FINO3-. The summed E-state index contributed by atoms with van der Waals surface area (Å²) in [4.78, 5) is 13.2. The number of carbonyl (C=O) groups excluding carboxylic acids is 1. The quantitative estimate of drug-likeness (QED) is 0.294. The van der Waals surface area contributed by atoms with Crippen molar-refractivity contribution in [3.63, 3.8) is 0 Å². The first-order valence-corrected chi connectivity index (χ1v) is 13.6. The van der Waals surface area contributed by atoms with Crippen LogP contribution in [0.5, 0.6) is 0 Å². The van der Waals surface area contributed by atoms with E-state index in [-0.39, 0.29) is 15.5 Å². The van der Waals surface area contributed by atoms with Gasteiger partial charge in [0.15, 0.2) is 0 Å². The van der Waals surface area contributed by atoms with Gasteiger partial charge in [-0.05, 0) is 0 Å². The van der Waals surface area contributed by atoms with Crippen molar-refractivity contribution in [2.75, 3.05) is 6.54 Å². The fraction of sp³-hybridized carbons (Fsp3) is 0.423. The second-order valence-corrected chi connectivity index (χ2v) is 12.2. The van der Waals surface area contributed by atoms with Gasteiger partial charge in [-0.1, -0.05) is 0 Å². The van der Waals surface area contributed by atoms with Gasteiger partial charge in [-0.25, -0.2) is 0 Å². The molecule has 4 atom stereocenters. The third-order valence-corrected chi connectivity index (χ3v) is 10.0. The summed E-state index contributed by atoms with van der Waals surface area (Å²) >= 11 is -0.925. The summed E-state index contributed by atoms with van der Waals surface area (Å²) in [6, 6.07) is 12.9. The minimum absolute atomic E-state index is 0.0369. The molecule has 4 unspecified atom stereocenters. The molecule has 170 valence electrons. The van der Waals surface area contributed by atoms with E-state index in [1.54, 1.807) is 6.07 Å². The molecule has 0 aromatic heterocycles. The summed E-state index contributed by atoms with van der Waals surface area (Å²) in [6.45, 7) is 1.00. The Hall–Kier alpha value is -1.77. The Bertz CT molecular complexity index is 1050. The Morgan fingerprint density at radius 2 is 1.97 bits per heavy atom. The Morgan fingerprint density at radius 3 is 2.66 bits per heavy atom. The number of rotatable bonds is 5. The minimum atomic E-state index is -0.925. The number of benzene rings is 2. The maximum atomic E-state index is 13.6. The molecule has 5 rings (SSSR count). The topological polar surface area (TPSA) is 69.6 Å². The first-order chi connectivity index (χ1) is 15.5. The van der Waals surface area contributed by atoms with Crippen LogP contribution in [0.3, 0.4) is 0 Å². The molecular weight excluding hydrogens is 520 g/mol. The number of nitrogens with one attached hydrogen (secondary N) is 1. The standard InChI is InChI=1S/C26H28FINO3/c27-21-8-5-17-12-18(24(31)22(17)13-21)9-10-26(14-23(30)28-25(26)32)20-6-3-16(4-7-20)19-2-1-11-29-15-19/h3-8,13,15,18,23-24,29-31H,1-2,9-12,14H2/q-1. The number of halogens is 2. The molecule has 2 aromatic rings. The molecule has 0 radical (unpaired) electrons. The molecule has 3 N–H and O–H groups in total. The van der Waals surface area contributed by atoms with Crippen molar-refractivity contribution in [2.45, 2.75) is 54.2 Å². The van der Waals surface area contributed by atoms with Gasteiger partial charge in [-0.15, -0.1) is 0 Å². The first kappa shape index (κ1) is 22.0. The predicted molar refractivity (Wildman–Crippen MR) is 117 cm³/mol. The van der Waals surface area contributed by atoms with Crippen molar-refractivity contribution in [1.82, 2.24) is 5.32 Å². The van der Waals surface area contributed by atoms with Gasteiger partial charge in [0.1, 0.15) is 0 Å². The molecule has 2 heterocycles. The number of hydrogen-bond donors (Lipinski definition) is 3. The van der Waals surface area contributed by atoms with Gasteiger partial charge in [0.2, 0.25) is 0 Å². The summed E-state index contributed by atoms with van der Waals surface area (Å²) in [7, 11) is 0. The monoisotopic (exact) mass is 548 g/mol. The van der Waals surface area contributed by atoms with Crippen molar-refractivity contribution in [2.24, 2.45) is 5.92 Å². The number of aliphatic hydroxyl groups is 2. The fourth-order valence-corrected chi connectivity index (χ4v) is 8.47. The molecule has 0 amide bonds. The molecule has 0 bridgehead atoms. The molecule has 2 aliphatic heterocycles. The Labute approximate surface area is 198 Å². The van der Waals surface area contributed by atoms with Crippen LogP contribution in [0.2, 0.25) is 0 Å². The van der Waals surface area contributed by atoms with Gasteiger partial charge in [-0.3, -0.25) is 0 Å². The zero-order valence-corrected chi connectivity index (χ0v) is 20.0. The molecule has 6 heteroatoms. The van der Waals surface area contributed by atoms with Crippen molar-refractivity contribution in [3.8, 4) is 0 Å². The van der Waals surface area contributed by atoms with E-state index in [2.05, 4.69) is 35.8 Å². The van der Waals surface area contributed by atoms with E-state index in [1.807, 2.05) is 0 Å². The number of fused-ring (bicyclic) bond motifs is 1. The van der Waals surface area contributed by atoms with Crippen LogP contribution < -0.4 is 26.5 Å². The second kappa shape index (κ2) is 8.88. The predicted octanol–water partition coefficient (Wildman–Crippen LogP) is 0.812.